The van der Waals surface area contributed by atoms with E-state index in [1.54, 1.807) is 24.3 Å². The molecule has 4 nitrogen and oxygen atoms in total. The molecule has 0 heterocycles. The van der Waals surface area contributed by atoms with E-state index in [0.717, 1.165) is 10.8 Å². The summed E-state index contributed by atoms with van der Waals surface area (Å²) in [7, 11) is 0. The van der Waals surface area contributed by atoms with Crippen molar-refractivity contribution in [2.75, 3.05) is 0 Å². The second-order valence-corrected chi connectivity index (χ2v) is 5.85. The molecule has 0 amide bonds. The number of hydrogen-bond donors (Lipinski definition) is 1. The smallest absolute Gasteiger partial charge is 0.344 e. The summed E-state index contributed by atoms with van der Waals surface area (Å²) in [4.78, 5) is 10.9. The van der Waals surface area contributed by atoms with Gasteiger partial charge in [0.1, 0.15) is 23.1 Å². The zero-order valence-electron chi connectivity index (χ0n) is 13.2. The van der Waals surface area contributed by atoms with Gasteiger partial charge in [0.25, 0.3) is 0 Å². The minimum atomic E-state index is -1.04. The molecule has 1 atom stereocenters. The highest BCUT2D eigenvalue weighted by molar-refractivity contribution is 6.32. The minimum absolute atomic E-state index is 0.174. The second kappa shape index (κ2) is 6.99. The van der Waals surface area contributed by atoms with Crippen molar-refractivity contribution in [1.29, 1.82) is 0 Å². The molecule has 0 aliphatic heterocycles. The van der Waals surface area contributed by atoms with E-state index in [4.69, 9.17) is 26.2 Å². The van der Waals surface area contributed by atoms with Crippen molar-refractivity contribution >= 4 is 28.3 Å². The first-order valence-electron chi connectivity index (χ1n) is 7.48. The summed E-state index contributed by atoms with van der Waals surface area (Å²) in [6, 6.07) is 14.6. The number of fused-ring (bicyclic) bond motifs is 1. The van der Waals surface area contributed by atoms with Crippen LogP contribution in [-0.4, -0.2) is 17.2 Å². The van der Waals surface area contributed by atoms with Crippen LogP contribution in [0.15, 0.2) is 54.6 Å². The molecule has 0 saturated heterocycles. The van der Waals surface area contributed by atoms with E-state index < -0.39 is 17.9 Å². The summed E-state index contributed by atoms with van der Waals surface area (Å²) in [5.41, 5.74) is 0. The fourth-order valence-electron chi connectivity index (χ4n) is 2.28. The van der Waals surface area contributed by atoms with Gasteiger partial charge in [0.05, 0.1) is 5.02 Å². The SMILES string of the molecule is CC(Oc1ccc2ccc(Oc3ccc(F)cc3Cl)cc2c1)C(=O)O. The Balaban J connectivity index is 1.88. The van der Waals surface area contributed by atoms with E-state index in [0.29, 0.717) is 17.2 Å². The molecule has 0 aliphatic carbocycles. The highest BCUT2D eigenvalue weighted by Crippen LogP contribution is 2.32. The van der Waals surface area contributed by atoms with Gasteiger partial charge in [0, 0.05) is 0 Å². The van der Waals surface area contributed by atoms with Gasteiger partial charge in [-0.25, -0.2) is 9.18 Å². The van der Waals surface area contributed by atoms with Crippen LogP contribution in [0.5, 0.6) is 17.2 Å². The summed E-state index contributed by atoms with van der Waals surface area (Å²) in [6.45, 7) is 1.46. The quantitative estimate of drug-likeness (QED) is 0.672. The predicted molar refractivity (Wildman–Crippen MR) is 93.2 cm³/mol. The Morgan fingerprint density at radius 3 is 2.40 bits per heavy atom. The molecule has 1 unspecified atom stereocenters. The largest absolute Gasteiger partial charge is 0.479 e. The third-order valence-electron chi connectivity index (χ3n) is 3.57. The Morgan fingerprint density at radius 1 is 1.04 bits per heavy atom. The van der Waals surface area contributed by atoms with E-state index in [9.17, 15) is 9.18 Å². The zero-order chi connectivity index (χ0) is 18.0. The zero-order valence-corrected chi connectivity index (χ0v) is 14.0. The van der Waals surface area contributed by atoms with E-state index in [2.05, 4.69) is 0 Å². The minimum Gasteiger partial charge on any atom is -0.479 e. The Morgan fingerprint density at radius 2 is 1.72 bits per heavy atom. The average Bonchev–Trinajstić information content (AvgIpc) is 2.57. The van der Waals surface area contributed by atoms with Gasteiger partial charge in [-0.3, -0.25) is 0 Å². The highest BCUT2D eigenvalue weighted by atomic mass is 35.5. The van der Waals surface area contributed by atoms with E-state index in [-0.39, 0.29) is 5.02 Å². The number of benzene rings is 3. The summed E-state index contributed by atoms with van der Waals surface area (Å²) in [5.74, 6) is -0.175. The van der Waals surface area contributed by atoms with Crippen molar-refractivity contribution in [2.24, 2.45) is 0 Å². The van der Waals surface area contributed by atoms with Gasteiger partial charge >= 0.3 is 5.97 Å². The van der Waals surface area contributed by atoms with Gasteiger partial charge in [-0.05, 0) is 60.2 Å². The maximum absolute atomic E-state index is 13.1. The lowest BCUT2D eigenvalue weighted by Crippen LogP contribution is -2.22. The monoisotopic (exact) mass is 360 g/mol. The number of carboxylic acid groups (broad SMARTS) is 1. The van der Waals surface area contributed by atoms with Gasteiger partial charge in [-0.2, -0.15) is 0 Å². The number of ether oxygens (including phenoxy) is 2. The summed E-state index contributed by atoms with van der Waals surface area (Å²) >= 11 is 5.97. The van der Waals surface area contributed by atoms with Crippen LogP contribution in [0.25, 0.3) is 10.8 Å². The number of carbonyl (C=O) groups is 1. The molecule has 6 heteroatoms. The number of aliphatic carboxylic acids is 1. The molecule has 0 saturated carbocycles. The van der Waals surface area contributed by atoms with Crippen molar-refractivity contribution in [3.63, 3.8) is 0 Å². The van der Waals surface area contributed by atoms with Crippen LogP contribution in [-0.2, 0) is 4.79 Å². The van der Waals surface area contributed by atoms with Gasteiger partial charge in [0.2, 0.25) is 0 Å². The normalized spacial score (nSPS) is 12.0. The van der Waals surface area contributed by atoms with Crippen LogP contribution >= 0.6 is 11.6 Å². The number of hydrogen-bond acceptors (Lipinski definition) is 3. The molecule has 0 spiro atoms. The average molecular weight is 361 g/mol. The molecule has 1 N–H and O–H groups in total. The number of halogens is 2. The van der Waals surface area contributed by atoms with Gasteiger partial charge < -0.3 is 14.6 Å². The summed E-state index contributed by atoms with van der Waals surface area (Å²) < 4.78 is 24.2. The molecule has 3 aromatic carbocycles. The Labute approximate surface area is 148 Å². The molecule has 0 fully saturated rings. The first-order valence-corrected chi connectivity index (χ1v) is 7.86. The molecular formula is C19H14ClFO4. The molecular weight excluding hydrogens is 347 g/mol. The lowest BCUT2D eigenvalue weighted by molar-refractivity contribution is -0.144. The third kappa shape index (κ3) is 4.00. The van der Waals surface area contributed by atoms with Crippen LogP contribution < -0.4 is 9.47 Å². The Kier molecular flexibility index (Phi) is 4.76. The first kappa shape index (κ1) is 17.0. The molecule has 3 rings (SSSR count). The van der Waals surface area contributed by atoms with E-state index >= 15 is 0 Å². The Hall–Kier alpha value is -2.79. The number of rotatable bonds is 5. The maximum Gasteiger partial charge on any atom is 0.344 e. The van der Waals surface area contributed by atoms with Crippen LogP contribution in [0.2, 0.25) is 5.02 Å². The molecule has 128 valence electrons. The maximum atomic E-state index is 13.1. The summed E-state index contributed by atoms with van der Waals surface area (Å²) in [6.07, 6.45) is -0.949. The standard InChI is InChI=1S/C19H14ClFO4/c1-11(19(22)23)24-15-5-2-12-3-6-16(9-13(12)8-15)25-18-7-4-14(21)10-17(18)20/h2-11H,1H3,(H,22,23). The van der Waals surface area contributed by atoms with E-state index in [1.807, 2.05) is 12.1 Å². The van der Waals surface area contributed by atoms with Gasteiger partial charge in [0.15, 0.2) is 6.10 Å². The van der Waals surface area contributed by atoms with Crippen molar-refractivity contribution in [3.8, 4) is 17.2 Å². The van der Waals surface area contributed by atoms with Crippen LogP contribution in [0.4, 0.5) is 4.39 Å². The van der Waals surface area contributed by atoms with Crippen molar-refractivity contribution in [1.82, 2.24) is 0 Å². The molecule has 0 aromatic heterocycles. The lowest BCUT2D eigenvalue weighted by Gasteiger charge is -2.12. The summed E-state index contributed by atoms with van der Waals surface area (Å²) in [5, 5.41) is 10.8. The van der Waals surface area contributed by atoms with Crippen molar-refractivity contribution in [3.05, 3.63) is 65.4 Å². The molecule has 0 radical (unpaired) electrons. The second-order valence-electron chi connectivity index (χ2n) is 5.45. The van der Waals surface area contributed by atoms with Gasteiger partial charge in [-0.1, -0.05) is 23.7 Å². The number of carboxylic acids is 1. The molecule has 25 heavy (non-hydrogen) atoms. The van der Waals surface area contributed by atoms with Gasteiger partial charge in [-0.15, -0.1) is 0 Å². The molecule has 0 aliphatic rings. The van der Waals surface area contributed by atoms with Crippen LogP contribution in [0.1, 0.15) is 6.92 Å². The predicted octanol–water partition coefficient (Wildman–Crippen LogP) is 5.28. The van der Waals surface area contributed by atoms with E-state index in [1.165, 1.54) is 25.1 Å². The first-order chi connectivity index (χ1) is 11.9. The fraction of sp³-hybridized carbons (Fsp3) is 0.105. The van der Waals surface area contributed by atoms with Crippen molar-refractivity contribution in [2.45, 2.75) is 13.0 Å². The molecule has 0 bridgehead atoms. The van der Waals surface area contributed by atoms with Crippen LogP contribution in [0, 0.1) is 5.82 Å². The Bertz CT molecular complexity index is 942. The lowest BCUT2D eigenvalue weighted by atomic mass is 10.1. The van der Waals surface area contributed by atoms with Crippen molar-refractivity contribution < 1.29 is 23.8 Å². The highest BCUT2D eigenvalue weighted by Gasteiger charge is 2.12. The molecule has 3 aromatic rings. The van der Waals surface area contributed by atoms with Crippen LogP contribution in [0.3, 0.4) is 0 Å². The third-order valence-corrected chi connectivity index (χ3v) is 3.86. The topological polar surface area (TPSA) is 55.8 Å². The fourth-order valence-corrected chi connectivity index (χ4v) is 2.48.